The van der Waals surface area contributed by atoms with Crippen molar-refractivity contribution in [3.63, 3.8) is 0 Å². The molecular weight excluding hydrogens is 189 g/mol. The molecule has 74 valence electrons. The van der Waals surface area contributed by atoms with Crippen LogP contribution in [0.3, 0.4) is 0 Å². The molecule has 0 aromatic heterocycles. The second kappa shape index (κ2) is 5.02. The Morgan fingerprint density at radius 1 is 1.43 bits per heavy atom. The van der Waals surface area contributed by atoms with Crippen molar-refractivity contribution in [2.75, 3.05) is 19.7 Å². The first-order valence-electron chi connectivity index (χ1n) is 3.95. The molecule has 0 radical (unpaired) electrons. The summed E-state index contributed by atoms with van der Waals surface area (Å²) >= 11 is 0. The number of carbonyl (C=O) groups is 2. The van der Waals surface area contributed by atoms with E-state index in [1.54, 1.807) is 12.2 Å². The average Bonchev–Trinajstić information content (AvgIpc) is 2.69. The minimum Gasteiger partial charge on any atom is -0.445 e. The quantitative estimate of drug-likeness (QED) is 0.254. The van der Waals surface area contributed by atoms with Crippen LogP contribution in [-0.2, 0) is 14.3 Å². The number of nitrogens with zero attached hydrogens (tertiary/aromatic N) is 1. The number of hydrogen-bond donors (Lipinski definition) is 0. The van der Waals surface area contributed by atoms with Crippen molar-refractivity contribution in [2.45, 2.75) is 0 Å². The van der Waals surface area contributed by atoms with Crippen LogP contribution in [0.4, 0.5) is 4.39 Å². The Labute approximate surface area is 80.3 Å². The molecule has 0 saturated heterocycles. The summed E-state index contributed by atoms with van der Waals surface area (Å²) in [5, 5.41) is 0. The molecule has 0 unspecified atom stereocenters. The fourth-order valence-corrected chi connectivity index (χ4v) is 0.964. The van der Waals surface area contributed by atoms with E-state index < -0.39 is 18.5 Å². The SMILES string of the molecule is O=C(OCC#CF)C(=O)N1CC=CC1. The summed E-state index contributed by atoms with van der Waals surface area (Å²) in [5.41, 5.74) is 0. The average molecular weight is 197 g/mol. The number of esters is 1. The van der Waals surface area contributed by atoms with Crippen LogP contribution in [0.5, 0.6) is 0 Å². The molecule has 1 aliphatic rings. The highest BCUT2D eigenvalue weighted by Crippen LogP contribution is 2.00. The van der Waals surface area contributed by atoms with Gasteiger partial charge in [0.2, 0.25) is 0 Å². The van der Waals surface area contributed by atoms with Crippen LogP contribution in [0.15, 0.2) is 12.2 Å². The summed E-state index contributed by atoms with van der Waals surface area (Å²) in [6.07, 6.45) is 4.61. The summed E-state index contributed by atoms with van der Waals surface area (Å²) in [4.78, 5) is 23.5. The second-order valence-corrected chi connectivity index (χ2v) is 2.53. The zero-order chi connectivity index (χ0) is 10.4. The van der Waals surface area contributed by atoms with Crippen LogP contribution in [0.1, 0.15) is 0 Å². The lowest BCUT2D eigenvalue weighted by Crippen LogP contribution is -2.35. The fourth-order valence-electron chi connectivity index (χ4n) is 0.964. The number of hydrogen-bond acceptors (Lipinski definition) is 3. The summed E-state index contributed by atoms with van der Waals surface area (Å²) in [5.74, 6) is 0.149. The van der Waals surface area contributed by atoms with Crippen LogP contribution in [-0.4, -0.2) is 36.5 Å². The van der Waals surface area contributed by atoms with Crippen molar-refractivity contribution < 1.29 is 18.7 Å². The Bertz CT molecular complexity index is 319. The zero-order valence-electron chi connectivity index (χ0n) is 7.33. The zero-order valence-corrected chi connectivity index (χ0v) is 7.33. The number of rotatable bonds is 1. The first kappa shape index (κ1) is 10.3. The van der Waals surface area contributed by atoms with E-state index >= 15 is 0 Å². The molecule has 0 aliphatic carbocycles. The van der Waals surface area contributed by atoms with E-state index in [0.717, 1.165) is 6.17 Å². The molecule has 1 rings (SSSR count). The van der Waals surface area contributed by atoms with Crippen LogP contribution < -0.4 is 0 Å². The first-order valence-corrected chi connectivity index (χ1v) is 3.95. The fraction of sp³-hybridized carbons (Fsp3) is 0.333. The van der Waals surface area contributed by atoms with Gasteiger partial charge in [0.15, 0.2) is 6.61 Å². The van der Waals surface area contributed by atoms with Gasteiger partial charge >= 0.3 is 11.9 Å². The molecule has 14 heavy (non-hydrogen) atoms. The predicted octanol–water partition coefficient (Wildman–Crippen LogP) is -0.142. The molecule has 0 aromatic rings. The maximum Gasteiger partial charge on any atom is 0.398 e. The Morgan fingerprint density at radius 2 is 2.07 bits per heavy atom. The Kier molecular flexibility index (Phi) is 3.68. The predicted molar refractivity (Wildman–Crippen MR) is 45.6 cm³/mol. The molecule has 0 N–H and O–H groups in total. The highest BCUT2D eigenvalue weighted by molar-refractivity contribution is 6.32. The molecule has 1 aliphatic heterocycles. The van der Waals surface area contributed by atoms with Gasteiger partial charge < -0.3 is 9.64 Å². The van der Waals surface area contributed by atoms with E-state index in [-0.39, 0.29) is 0 Å². The van der Waals surface area contributed by atoms with Crippen molar-refractivity contribution in [3.8, 4) is 12.1 Å². The van der Waals surface area contributed by atoms with Gasteiger partial charge in [0.25, 0.3) is 0 Å². The standard InChI is InChI=1S/C9H8FNO3/c10-4-3-7-14-9(13)8(12)11-5-1-2-6-11/h1-2H,5-7H2. The minimum absolute atomic E-state index is 0.400. The molecule has 5 heteroatoms. The third kappa shape index (κ3) is 2.59. The minimum atomic E-state index is -1.00. The van der Waals surface area contributed by atoms with Gasteiger partial charge in [-0.3, -0.25) is 4.79 Å². The van der Waals surface area contributed by atoms with Gasteiger partial charge in [0.1, 0.15) is 6.17 Å². The van der Waals surface area contributed by atoms with Crippen molar-refractivity contribution >= 4 is 11.9 Å². The van der Waals surface area contributed by atoms with E-state index in [9.17, 15) is 14.0 Å². The van der Waals surface area contributed by atoms with Gasteiger partial charge in [0.05, 0.1) is 0 Å². The van der Waals surface area contributed by atoms with Gasteiger partial charge in [-0.25, -0.2) is 4.79 Å². The van der Waals surface area contributed by atoms with Crippen LogP contribution in [0, 0.1) is 12.1 Å². The smallest absolute Gasteiger partial charge is 0.398 e. The van der Waals surface area contributed by atoms with E-state index in [1.165, 1.54) is 4.90 Å². The molecule has 1 heterocycles. The highest BCUT2D eigenvalue weighted by Gasteiger charge is 2.23. The normalized spacial score (nSPS) is 13.4. The molecule has 0 fully saturated rings. The third-order valence-corrected chi connectivity index (χ3v) is 1.62. The van der Waals surface area contributed by atoms with Crippen molar-refractivity contribution in [3.05, 3.63) is 12.2 Å². The number of halogens is 1. The van der Waals surface area contributed by atoms with E-state index in [2.05, 4.69) is 4.74 Å². The largest absolute Gasteiger partial charge is 0.445 e. The monoisotopic (exact) mass is 197 g/mol. The topological polar surface area (TPSA) is 46.6 Å². The maximum absolute atomic E-state index is 11.3. The Balaban J connectivity index is 2.35. The molecule has 0 aromatic carbocycles. The molecule has 0 atom stereocenters. The Hall–Kier alpha value is -1.83. The molecule has 1 amide bonds. The molecule has 0 bridgehead atoms. The molecular formula is C9H8FNO3. The van der Waals surface area contributed by atoms with E-state index in [0.29, 0.717) is 13.1 Å². The second-order valence-electron chi connectivity index (χ2n) is 2.53. The lowest BCUT2D eigenvalue weighted by Gasteiger charge is -2.12. The van der Waals surface area contributed by atoms with Crippen LogP contribution in [0.2, 0.25) is 0 Å². The highest BCUT2D eigenvalue weighted by atomic mass is 19.1. The van der Waals surface area contributed by atoms with Gasteiger partial charge in [-0.2, -0.15) is 0 Å². The van der Waals surface area contributed by atoms with Gasteiger partial charge in [0, 0.05) is 13.1 Å². The van der Waals surface area contributed by atoms with Crippen LogP contribution in [0.25, 0.3) is 0 Å². The van der Waals surface area contributed by atoms with Gasteiger partial charge in [-0.15, -0.1) is 4.39 Å². The molecule has 4 nitrogen and oxygen atoms in total. The summed E-state index contributed by atoms with van der Waals surface area (Å²) in [6.45, 7) is 0.411. The van der Waals surface area contributed by atoms with Gasteiger partial charge in [-0.1, -0.05) is 12.2 Å². The summed E-state index contributed by atoms with van der Waals surface area (Å²) < 4.78 is 15.7. The molecule has 0 spiro atoms. The van der Waals surface area contributed by atoms with E-state index in [4.69, 9.17) is 0 Å². The number of carbonyl (C=O) groups excluding carboxylic acids is 2. The number of ether oxygens (including phenoxy) is 1. The first-order chi connectivity index (χ1) is 6.75. The van der Waals surface area contributed by atoms with Crippen molar-refractivity contribution in [1.82, 2.24) is 4.90 Å². The van der Waals surface area contributed by atoms with Crippen molar-refractivity contribution in [2.24, 2.45) is 0 Å². The molecule has 0 saturated carbocycles. The summed E-state index contributed by atoms with van der Waals surface area (Å²) in [7, 11) is 0. The van der Waals surface area contributed by atoms with Crippen molar-refractivity contribution in [1.29, 1.82) is 0 Å². The summed E-state index contributed by atoms with van der Waals surface area (Å²) in [6, 6.07) is 0. The van der Waals surface area contributed by atoms with E-state index in [1.807, 2.05) is 5.92 Å². The van der Waals surface area contributed by atoms with Crippen LogP contribution >= 0.6 is 0 Å². The third-order valence-electron chi connectivity index (χ3n) is 1.62. The van der Waals surface area contributed by atoms with Gasteiger partial charge in [-0.05, 0) is 5.92 Å². The number of amides is 1. The maximum atomic E-state index is 11.3. The lowest BCUT2D eigenvalue weighted by molar-refractivity contribution is -0.158. The lowest BCUT2D eigenvalue weighted by atomic mass is 10.5. The Morgan fingerprint density at radius 3 is 2.64 bits per heavy atom.